The van der Waals surface area contributed by atoms with Gasteiger partial charge in [-0.3, -0.25) is 9.59 Å². The molecule has 0 aliphatic rings. The van der Waals surface area contributed by atoms with E-state index in [9.17, 15) is 14.4 Å². The van der Waals surface area contributed by atoms with Gasteiger partial charge in [0.1, 0.15) is 5.69 Å². The van der Waals surface area contributed by atoms with Crippen molar-refractivity contribution < 1.29 is 23.9 Å². The van der Waals surface area contributed by atoms with Gasteiger partial charge in [0.2, 0.25) is 5.91 Å². The van der Waals surface area contributed by atoms with Crippen LogP contribution in [0.25, 0.3) is 0 Å². The Morgan fingerprint density at radius 2 is 1.79 bits per heavy atom. The first-order chi connectivity index (χ1) is 13.7. The molecule has 0 bridgehead atoms. The van der Waals surface area contributed by atoms with Crippen molar-refractivity contribution in [1.82, 2.24) is 9.47 Å². The predicted octanol–water partition coefficient (Wildman–Crippen LogP) is 3.40. The number of nitrogens with zero attached hydrogens (tertiary/aromatic N) is 2. The van der Waals surface area contributed by atoms with Crippen LogP contribution in [0, 0.1) is 19.8 Å². The molecule has 7 heteroatoms. The fourth-order valence-electron chi connectivity index (χ4n) is 3.59. The number of methoxy groups -OCH3 is 1. The number of aromatic nitrogens is 1. The lowest BCUT2D eigenvalue weighted by Gasteiger charge is -2.23. The molecular formula is C22H36N2O5. The summed E-state index contributed by atoms with van der Waals surface area (Å²) >= 11 is 0. The number of Topliss-reactive ketones (excluding diaryl/α,β-unsaturated/α-hetero) is 1. The Bertz CT molecular complexity index is 721. The van der Waals surface area contributed by atoms with E-state index < -0.39 is 5.97 Å². The topological polar surface area (TPSA) is 77.8 Å². The first-order valence-corrected chi connectivity index (χ1v) is 10.4. The summed E-state index contributed by atoms with van der Waals surface area (Å²) in [6, 6.07) is 0. The Hall–Kier alpha value is -2.15. The largest absolute Gasteiger partial charge is 0.461 e. The Kier molecular flexibility index (Phi) is 10.1. The fourth-order valence-corrected chi connectivity index (χ4v) is 3.59. The molecule has 1 heterocycles. The van der Waals surface area contributed by atoms with Crippen molar-refractivity contribution in [3.05, 3.63) is 22.5 Å². The van der Waals surface area contributed by atoms with Gasteiger partial charge in [-0.2, -0.15) is 0 Å². The van der Waals surface area contributed by atoms with E-state index in [1.165, 1.54) is 0 Å². The zero-order valence-corrected chi connectivity index (χ0v) is 19.0. The van der Waals surface area contributed by atoms with Crippen molar-refractivity contribution in [3.8, 4) is 0 Å². The number of ether oxygens (including phenoxy) is 2. The Labute approximate surface area is 174 Å². The summed E-state index contributed by atoms with van der Waals surface area (Å²) in [5, 5.41) is 0. The fraction of sp³-hybridized carbons (Fsp3) is 0.682. The van der Waals surface area contributed by atoms with Crippen LogP contribution in [-0.2, 0) is 20.8 Å². The number of carbonyl (C=O) groups is 3. The van der Waals surface area contributed by atoms with Gasteiger partial charge in [0.05, 0.1) is 13.2 Å². The number of rotatable bonds is 12. The minimum Gasteiger partial charge on any atom is -0.461 e. The van der Waals surface area contributed by atoms with Gasteiger partial charge in [-0.25, -0.2) is 4.79 Å². The Morgan fingerprint density at radius 1 is 1.14 bits per heavy atom. The van der Waals surface area contributed by atoms with E-state index >= 15 is 0 Å². The van der Waals surface area contributed by atoms with E-state index in [1.54, 1.807) is 25.9 Å². The molecule has 0 saturated carbocycles. The maximum atomic E-state index is 13.2. The number of ketones is 1. The molecule has 0 fully saturated rings. The average Bonchev–Trinajstić information content (AvgIpc) is 2.90. The van der Waals surface area contributed by atoms with E-state index in [1.807, 2.05) is 32.3 Å². The lowest BCUT2D eigenvalue weighted by Crippen LogP contribution is -2.37. The van der Waals surface area contributed by atoms with Gasteiger partial charge in [-0.05, 0) is 45.6 Å². The van der Waals surface area contributed by atoms with Gasteiger partial charge in [0.15, 0.2) is 5.78 Å². The zero-order chi connectivity index (χ0) is 22.1. The normalized spacial score (nSPS) is 11.0. The minimum absolute atomic E-state index is 0.00700. The first-order valence-electron chi connectivity index (χ1n) is 10.4. The van der Waals surface area contributed by atoms with Crippen LogP contribution < -0.4 is 0 Å². The van der Waals surface area contributed by atoms with Crippen molar-refractivity contribution in [1.29, 1.82) is 0 Å². The maximum absolute atomic E-state index is 13.2. The number of carbonyl (C=O) groups excluding carboxylic acids is 3. The molecule has 1 amide bonds. The number of hydrogen-bond donors (Lipinski definition) is 0. The van der Waals surface area contributed by atoms with Gasteiger partial charge in [-0.1, -0.05) is 13.8 Å². The lowest BCUT2D eigenvalue weighted by atomic mass is 10.0. The number of esters is 1. The molecule has 0 aliphatic carbocycles. The molecular weight excluding hydrogens is 372 g/mol. The third kappa shape index (κ3) is 6.42. The molecule has 29 heavy (non-hydrogen) atoms. The van der Waals surface area contributed by atoms with Crippen molar-refractivity contribution in [3.63, 3.8) is 0 Å². The summed E-state index contributed by atoms with van der Waals surface area (Å²) in [5.41, 5.74) is 2.26. The van der Waals surface area contributed by atoms with Gasteiger partial charge in [0, 0.05) is 44.5 Å². The lowest BCUT2D eigenvalue weighted by molar-refractivity contribution is -0.131. The van der Waals surface area contributed by atoms with Crippen LogP contribution in [0.5, 0.6) is 0 Å². The van der Waals surface area contributed by atoms with E-state index in [4.69, 9.17) is 9.47 Å². The van der Waals surface area contributed by atoms with Crippen LogP contribution in [0.1, 0.15) is 72.6 Å². The molecule has 0 radical (unpaired) electrons. The SMILES string of the molecule is CCOC(=O)c1c(C)c(C(=O)CN(CCCOC)C(=O)CC(C)C)c(C)n1CC. The molecule has 0 aromatic carbocycles. The second kappa shape index (κ2) is 11.8. The summed E-state index contributed by atoms with van der Waals surface area (Å²) in [6.45, 7) is 13.0. The van der Waals surface area contributed by atoms with Crippen LogP contribution in [0.15, 0.2) is 0 Å². The minimum atomic E-state index is -0.429. The summed E-state index contributed by atoms with van der Waals surface area (Å²) in [4.78, 5) is 39.9. The molecule has 0 spiro atoms. The van der Waals surface area contributed by atoms with Crippen LogP contribution in [0.3, 0.4) is 0 Å². The van der Waals surface area contributed by atoms with Gasteiger partial charge in [-0.15, -0.1) is 0 Å². The van der Waals surface area contributed by atoms with E-state index in [0.29, 0.717) is 49.4 Å². The molecule has 0 N–H and O–H groups in total. The number of amides is 1. The standard InChI is InChI=1S/C22H36N2O5/c1-8-24-17(6)20(16(5)21(24)22(27)29-9-2)18(25)14-23(11-10-12-28-7)19(26)13-15(3)4/h15H,8-14H2,1-7H3. The summed E-state index contributed by atoms with van der Waals surface area (Å²) in [6.07, 6.45) is 1.05. The maximum Gasteiger partial charge on any atom is 0.355 e. The van der Waals surface area contributed by atoms with Crippen molar-refractivity contribution in [2.45, 2.75) is 60.9 Å². The molecule has 0 aliphatic heterocycles. The number of hydrogen-bond acceptors (Lipinski definition) is 5. The Balaban J connectivity index is 3.19. The second-order valence-corrected chi connectivity index (χ2v) is 7.58. The third-order valence-corrected chi connectivity index (χ3v) is 4.88. The van der Waals surface area contributed by atoms with Gasteiger partial charge < -0.3 is 18.9 Å². The van der Waals surface area contributed by atoms with Crippen LogP contribution in [-0.4, -0.2) is 60.5 Å². The molecule has 0 saturated heterocycles. The molecule has 7 nitrogen and oxygen atoms in total. The van der Waals surface area contributed by atoms with Crippen LogP contribution >= 0.6 is 0 Å². The highest BCUT2D eigenvalue weighted by Crippen LogP contribution is 2.24. The second-order valence-electron chi connectivity index (χ2n) is 7.58. The third-order valence-electron chi connectivity index (χ3n) is 4.88. The van der Waals surface area contributed by atoms with Crippen molar-refractivity contribution in [2.24, 2.45) is 5.92 Å². The monoisotopic (exact) mass is 408 g/mol. The molecule has 0 unspecified atom stereocenters. The molecule has 1 aromatic rings. The first kappa shape index (κ1) is 24.9. The van der Waals surface area contributed by atoms with Crippen molar-refractivity contribution >= 4 is 17.7 Å². The molecule has 0 atom stereocenters. The van der Waals surface area contributed by atoms with Crippen LogP contribution in [0.4, 0.5) is 0 Å². The predicted molar refractivity (Wildman–Crippen MR) is 112 cm³/mol. The summed E-state index contributed by atoms with van der Waals surface area (Å²) in [7, 11) is 1.61. The van der Waals surface area contributed by atoms with E-state index in [0.717, 1.165) is 5.69 Å². The van der Waals surface area contributed by atoms with Gasteiger partial charge >= 0.3 is 5.97 Å². The molecule has 1 rings (SSSR count). The van der Waals surface area contributed by atoms with Crippen LogP contribution in [0.2, 0.25) is 0 Å². The smallest absolute Gasteiger partial charge is 0.355 e. The van der Waals surface area contributed by atoms with Crippen molar-refractivity contribution in [2.75, 3.05) is 33.4 Å². The molecule has 1 aromatic heterocycles. The average molecular weight is 409 g/mol. The highest BCUT2D eigenvalue weighted by molar-refractivity contribution is 6.04. The summed E-state index contributed by atoms with van der Waals surface area (Å²) in [5.74, 6) is -0.419. The summed E-state index contributed by atoms with van der Waals surface area (Å²) < 4.78 is 12.1. The Morgan fingerprint density at radius 3 is 2.31 bits per heavy atom. The zero-order valence-electron chi connectivity index (χ0n) is 19.0. The molecule has 164 valence electrons. The van der Waals surface area contributed by atoms with E-state index in [-0.39, 0.29) is 30.8 Å². The highest BCUT2D eigenvalue weighted by atomic mass is 16.5. The van der Waals surface area contributed by atoms with Gasteiger partial charge in [0.25, 0.3) is 0 Å². The quantitative estimate of drug-likeness (QED) is 0.301. The highest BCUT2D eigenvalue weighted by Gasteiger charge is 2.28. The van der Waals surface area contributed by atoms with E-state index in [2.05, 4.69) is 0 Å².